The molecule has 1 atom stereocenters. The van der Waals surface area contributed by atoms with Crippen LogP contribution in [-0.2, 0) is 4.79 Å². The van der Waals surface area contributed by atoms with Crippen molar-refractivity contribution in [2.24, 2.45) is 0 Å². The summed E-state index contributed by atoms with van der Waals surface area (Å²) in [5, 5.41) is 0. The van der Waals surface area contributed by atoms with E-state index in [1.165, 1.54) is 6.92 Å². The highest BCUT2D eigenvalue weighted by Gasteiger charge is 2.28. The summed E-state index contributed by atoms with van der Waals surface area (Å²) >= 11 is 3.28. The van der Waals surface area contributed by atoms with Crippen LogP contribution in [0.5, 0.6) is 5.75 Å². The van der Waals surface area contributed by atoms with Crippen molar-refractivity contribution in [2.75, 3.05) is 0 Å². The molecular formula is C15H13BrF2O2. The Morgan fingerprint density at radius 3 is 2.45 bits per heavy atom. The van der Waals surface area contributed by atoms with Crippen molar-refractivity contribution in [2.45, 2.75) is 25.9 Å². The molecule has 0 amide bonds. The summed E-state index contributed by atoms with van der Waals surface area (Å²) in [6, 6.07) is 2.31. The van der Waals surface area contributed by atoms with Crippen molar-refractivity contribution in [3.8, 4) is 5.75 Å². The number of hydrogen-bond donors (Lipinski definition) is 0. The average molecular weight is 343 g/mol. The maximum atomic E-state index is 13.5. The minimum Gasteiger partial charge on any atom is -0.483 e. The molecule has 1 aromatic carbocycles. The van der Waals surface area contributed by atoms with Gasteiger partial charge < -0.3 is 4.74 Å². The van der Waals surface area contributed by atoms with Crippen molar-refractivity contribution >= 4 is 22.2 Å². The second-order valence-electron chi connectivity index (χ2n) is 4.90. The minimum atomic E-state index is -0.764. The van der Waals surface area contributed by atoms with Crippen LogP contribution in [0.4, 0.5) is 8.78 Å². The van der Waals surface area contributed by atoms with Crippen LogP contribution in [0.15, 0.2) is 34.3 Å². The Kier molecular flexibility index (Phi) is 4.09. The zero-order valence-corrected chi connectivity index (χ0v) is 12.6. The molecule has 0 heterocycles. The van der Waals surface area contributed by atoms with Crippen LogP contribution in [0.3, 0.4) is 0 Å². The molecule has 0 bridgehead atoms. The fourth-order valence-electron chi connectivity index (χ4n) is 1.95. The number of carbonyl (C=O) groups excluding carboxylic acids is 1. The molecule has 2 nitrogen and oxygen atoms in total. The van der Waals surface area contributed by atoms with Gasteiger partial charge in [-0.3, -0.25) is 4.79 Å². The SMILES string of the molecule is Cc1c(F)cc(OC2(C)C=C(Br)C(C=O)=CC2)cc1F. The number of rotatable bonds is 3. The van der Waals surface area contributed by atoms with Crippen LogP contribution in [-0.4, -0.2) is 11.9 Å². The molecule has 0 aliphatic heterocycles. The number of halogens is 3. The monoisotopic (exact) mass is 342 g/mol. The second-order valence-corrected chi connectivity index (χ2v) is 5.75. The van der Waals surface area contributed by atoms with Gasteiger partial charge in [-0.1, -0.05) is 22.0 Å². The predicted octanol–water partition coefficient (Wildman–Crippen LogP) is 4.22. The first kappa shape index (κ1) is 14.9. The quantitative estimate of drug-likeness (QED) is 0.769. The third-order valence-corrected chi connectivity index (χ3v) is 3.85. The van der Waals surface area contributed by atoms with Gasteiger partial charge >= 0.3 is 0 Å². The Balaban J connectivity index is 2.27. The average Bonchev–Trinajstić information content (AvgIpc) is 2.35. The first-order valence-electron chi connectivity index (χ1n) is 6.03. The number of carbonyl (C=O) groups is 1. The summed E-state index contributed by atoms with van der Waals surface area (Å²) in [6.07, 6.45) is 4.61. The summed E-state index contributed by atoms with van der Waals surface area (Å²) in [7, 11) is 0. The molecule has 106 valence electrons. The number of allylic oxidation sites excluding steroid dienone is 2. The Morgan fingerprint density at radius 2 is 1.95 bits per heavy atom. The standard InChI is InChI=1S/C15H13BrF2O2/c1-9-13(17)5-11(6-14(9)18)20-15(2)4-3-10(8-19)12(16)7-15/h3,5-8H,4H2,1-2H3. The van der Waals surface area contributed by atoms with E-state index < -0.39 is 17.2 Å². The summed E-state index contributed by atoms with van der Waals surface area (Å²) in [5.41, 5.74) is -0.266. The van der Waals surface area contributed by atoms with E-state index in [4.69, 9.17) is 4.74 Å². The van der Waals surface area contributed by atoms with Crippen molar-refractivity contribution in [1.82, 2.24) is 0 Å². The maximum absolute atomic E-state index is 13.5. The Morgan fingerprint density at radius 1 is 1.35 bits per heavy atom. The summed E-state index contributed by atoms with van der Waals surface area (Å²) in [6.45, 7) is 3.15. The van der Waals surface area contributed by atoms with Gasteiger partial charge in [-0.2, -0.15) is 0 Å². The van der Waals surface area contributed by atoms with Gasteiger partial charge in [0.05, 0.1) is 0 Å². The summed E-state index contributed by atoms with van der Waals surface area (Å²) in [5.74, 6) is -1.18. The van der Waals surface area contributed by atoms with Gasteiger partial charge in [0.15, 0.2) is 6.29 Å². The predicted molar refractivity (Wildman–Crippen MR) is 75.9 cm³/mol. The first-order valence-corrected chi connectivity index (χ1v) is 6.83. The normalized spacial score (nSPS) is 22.1. The van der Waals surface area contributed by atoms with E-state index in [9.17, 15) is 13.6 Å². The molecule has 0 saturated heterocycles. The Hall–Kier alpha value is -1.49. The van der Waals surface area contributed by atoms with Gasteiger partial charge in [0, 0.05) is 34.2 Å². The molecule has 1 aliphatic carbocycles. The molecule has 0 saturated carbocycles. The van der Waals surface area contributed by atoms with Gasteiger partial charge in [0.25, 0.3) is 0 Å². The third-order valence-electron chi connectivity index (χ3n) is 3.17. The van der Waals surface area contributed by atoms with E-state index in [1.54, 1.807) is 19.1 Å². The fraction of sp³-hybridized carbons (Fsp3) is 0.267. The van der Waals surface area contributed by atoms with E-state index in [0.717, 1.165) is 18.4 Å². The largest absolute Gasteiger partial charge is 0.483 e. The molecular weight excluding hydrogens is 330 g/mol. The molecule has 0 N–H and O–H groups in total. The van der Waals surface area contributed by atoms with Crippen molar-refractivity contribution in [1.29, 1.82) is 0 Å². The van der Waals surface area contributed by atoms with Crippen LogP contribution >= 0.6 is 15.9 Å². The van der Waals surface area contributed by atoms with Gasteiger partial charge in [0.2, 0.25) is 0 Å². The Bertz CT molecular complexity index is 599. The second kappa shape index (κ2) is 5.48. The highest BCUT2D eigenvalue weighted by Crippen LogP contribution is 2.33. The lowest BCUT2D eigenvalue weighted by atomic mass is 9.94. The molecule has 2 rings (SSSR count). The van der Waals surface area contributed by atoms with Gasteiger partial charge in [-0.15, -0.1) is 0 Å². The van der Waals surface area contributed by atoms with Crippen LogP contribution in [0, 0.1) is 18.6 Å². The lowest BCUT2D eigenvalue weighted by Gasteiger charge is -2.30. The van der Waals surface area contributed by atoms with Crippen LogP contribution in [0.1, 0.15) is 18.9 Å². The van der Waals surface area contributed by atoms with Gasteiger partial charge in [-0.25, -0.2) is 8.78 Å². The number of hydrogen-bond acceptors (Lipinski definition) is 2. The lowest BCUT2D eigenvalue weighted by molar-refractivity contribution is -0.104. The number of ether oxygens (including phenoxy) is 1. The number of benzene rings is 1. The maximum Gasteiger partial charge on any atom is 0.150 e. The summed E-state index contributed by atoms with van der Waals surface area (Å²) < 4.78 is 33.3. The van der Waals surface area contributed by atoms with E-state index in [2.05, 4.69) is 15.9 Å². The molecule has 1 aliphatic rings. The molecule has 0 fully saturated rings. The van der Waals surface area contributed by atoms with E-state index in [-0.39, 0.29) is 11.3 Å². The highest BCUT2D eigenvalue weighted by atomic mass is 79.9. The van der Waals surface area contributed by atoms with E-state index in [1.807, 2.05) is 0 Å². The number of aldehydes is 1. The van der Waals surface area contributed by atoms with Crippen LogP contribution in [0.2, 0.25) is 0 Å². The van der Waals surface area contributed by atoms with Crippen molar-refractivity contribution < 1.29 is 18.3 Å². The van der Waals surface area contributed by atoms with Gasteiger partial charge in [0.1, 0.15) is 23.0 Å². The highest BCUT2D eigenvalue weighted by molar-refractivity contribution is 9.12. The molecule has 1 aromatic rings. The molecule has 0 spiro atoms. The lowest BCUT2D eigenvalue weighted by Crippen LogP contribution is -2.31. The zero-order chi connectivity index (χ0) is 14.9. The van der Waals surface area contributed by atoms with Crippen LogP contribution < -0.4 is 4.74 Å². The van der Waals surface area contributed by atoms with E-state index in [0.29, 0.717) is 16.5 Å². The molecule has 1 unspecified atom stereocenters. The Labute approximate surface area is 124 Å². The first-order chi connectivity index (χ1) is 9.34. The molecule has 0 radical (unpaired) electrons. The minimum absolute atomic E-state index is 0.0361. The van der Waals surface area contributed by atoms with Crippen molar-refractivity contribution in [3.63, 3.8) is 0 Å². The zero-order valence-electron chi connectivity index (χ0n) is 11.0. The molecule has 5 heteroatoms. The topological polar surface area (TPSA) is 26.3 Å². The van der Waals surface area contributed by atoms with Gasteiger partial charge in [-0.05, 0) is 19.9 Å². The summed E-state index contributed by atoms with van der Waals surface area (Å²) in [4.78, 5) is 10.8. The molecule has 0 aromatic heterocycles. The third kappa shape index (κ3) is 2.98. The smallest absolute Gasteiger partial charge is 0.150 e. The van der Waals surface area contributed by atoms with E-state index >= 15 is 0 Å². The molecule has 20 heavy (non-hydrogen) atoms. The fourth-order valence-corrected chi connectivity index (χ4v) is 2.69. The van der Waals surface area contributed by atoms with Crippen molar-refractivity contribution in [3.05, 3.63) is 51.5 Å². The van der Waals surface area contributed by atoms with Crippen LogP contribution in [0.25, 0.3) is 0 Å².